The summed E-state index contributed by atoms with van der Waals surface area (Å²) in [4.78, 5) is 8.32. The van der Waals surface area contributed by atoms with Gasteiger partial charge in [-0.3, -0.25) is 0 Å². The second kappa shape index (κ2) is 5.65. The molecule has 0 radical (unpaired) electrons. The standard InChI is InChI=1S/C14H16FN3O/c1-4-16-14-13(19-3)12(17-8-18-14)10-6-5-9(2)11(15)7-10/h5-8H,4H2,1-3H3,(H,16,17,18). The maximum Gasteiger partial charge on any atom is 0.187 e. The molecule has 1 aromatic heterocycles. The summed E-state index contributed by atoms with van der Waals surface area (Å²) in [6, 6.07) is 4.99. The number of aryl methyl sites for hydroxylation is 1. The van der Waals surface area contributed by atoms with Gasteiger partial charge in [-0.25, -0.2) is 14.4 Å². The summed E-state index contributed by atoms with van der Waals surface area (Å²) in [6.45, 7) is 4.40. The number of anilines is 1. The molecule has 0 unspecified atom stereocenters. The van der Waals surface area contributed by atoms with Crippen LogP contribution in [0.25, 0.3) is 11.3 Å². The zero-order chi connectivity index (χ0) is 13.8. The molecule has 100 valence electrons. The first-order valence-corrected chi connectivity index (χ1v) is 6.06. The number of nitrogens with zero attached hydrogens (tertiary/aromatic N) is 2. The van der Waals surface area contributed by atoms with Crippen LogP contribution in [-0.2, 0) is 0 Å². The molecule has 2 rings (SSSR count). The predicted octanol–water partition coefficient (Wildman–Crippen LogP) is 3.03. The van der Waals surface area contributed by atoms with Crippen molar-refractivity contribution in [2.24, 2.45) is 0 Å². The lowest BCUT2D eigenvalue weighted by molar-refractivity contribution is 0.414. The monoisotopic (exact) mass is 261 g/mol. The van der Waals surface area contributed by atoms with Crippen LogP contribution in [0.15, 0.2) is 24.5 Å². The third kappa shape index (κ3) is 2.65. The van der Waals surface area contributed by atoms with Gasteiger partial charge >= 0.3 is 0 Å². The number of hydrogen-bond donors (Lipinski definition) is 1. The number of benzene rings is 1. The molecule has 0 aliphatic heterocycles. The zero-order valence-corrected chi connectivity index (χ0v) is 11.2. The van der Waals surface area contributed by atoms with Crippen molar-refractivity contribution in [1.29, 1.82) is 0 Å². The second-order valence-electron chi connectivity index (χ2n) is 4.10. The molecule has 0 amide bonds. The van der Waals surface area contributed by atoms with Crippen LogP contribution in [0.4, 0.5) is 10.2 Å². The van der Waals surface area contributed by atoms with Crippen molar-refractivity contribution in [2.45, 2.75) is 13.8 Å². The first kappa shape index (κ1) is 13.3. The molecule has 0 aliphatic carbocycles. The van der Waals surface area contributed by atoms with Gasteiger partial charge in [-0.05, 0) is 25.5 Å². The quantitative estimate of drug-likeness (QED) is 0.919. The van der Waals surface area contributed by atoms with Crippen molar-refractivity contribution in [2.75, 3.05) is 19.0 Å². The van der Waals surface area contributed by atoms with Gasteiger partial charge in [0.05, 0.1) is 7.11 Å². The summed E-state index contributed by atoms with van der Waals surface area (Å²) in [5.41, 5.74) is 1.84. The van der Waals surface area contributed by atoms with Gasteiger partial charge in [0.25, 0.3) is 0 Å². The van der Waals surface area contributed by atoms with E-state index in [2.05, 4.69) is 15.3 Å². The Bertz CT molecular complexity index is 587. The van der Waals surface area contributed by atoms with Gasteiger partial charge in [0.2, 0.25) is 0 Å². The molecule has 4 nitrogen and oxygen atoms in total. The van der Waals surface area contributed by atoms with Crippen LogP contribution in [0.3, 0.4) is 0 Å². The molecule has 19 heavy (non-hydrogen) atoms. The van der Waals surface area contributed by atoms with Crippen molar-refractivity contribution in [3.63, 3.8) is 0 Å². The molecule has 2 aromatic rings. The third-order valence-electron chi connectivity index (χ3n) is 2.80. The molecule has 0 bridgehead atoms. The summed E-state index contributed by atoms with van der Waals surface area (Å²) < 4.78 is 19.0. The van der Waals surface area contributed by atoms with E-state index in [0.29, 0.717) is 28.4 Å². The van der Waals surface area contributed by atoms with Crippen LogP contribution >= 0.6 is 0 Å². The van der Waals surface area contributed by atoms with Gasteiger partial charge in [0, 0.05) is 12.1 Å². The molecule has 5 heteroatoms. The fourth-order valence-electron chi connectivity index (χ4n) is 1.81. The van der Waals surface area contributed by atoms with E-state index in [4.69, 9.17) is 4.74 Å². The number of hydrogen-bond acceptors (Lipinski definition) is 4. The summed E-state index contributed by atoms with van der Waals surface area (Å²) in [7, 11) is 1.55. The van der Waals surface area contributed by atoms with Gasteiger partial charge in [-0.2, -0.15) is 0 Å². The minimum atomic E-state index is -0.261. The normalized spacial score (nSPS) is 10.3. The smallest absolute Gasteiger partial charge is 0.187 e. The van der Waals surface area contributed by atoms with Crippen molar-refractivity contribution in [3.8, 4) is 17.0 Å². The minimum absolute atomic E-state index is 0.261. The van der Waals surface area contributed by atoms with Crippen LogP contribution in [0.1, 0.15) is 12.5 Å². The summed E-state index contributed by atoms with van der Waals surface area (Å²) in [5.74, 6) is 0.867. The Morgan fingerprint density at radius 1 is 1.32 bits per heavy atom. The maximum atomic E-state index is 13.6. The summed E-state index contributed by atoms with van der Waals surface area (Å²) in [5, 5.41) is 3.09. The predicted molar refractivity (Wildman–Crippen MR) is 72.9 cm³/mol. The highest BCUT2D eigenvalue weighted by Crippen LogP contribution is 2.33. The van der Waals surface area contributed by atoms with Crippen molar-refractivity contribution in [1.82, 2.24) is 9.97 Å². The molecule has 0 saturated carbocycles. The van der Waals surface area contributed by atoms with E-state index in [-0.39, 0.29) is 5.82 Å². The average molecular weight is 261 g/mol. The van der Waals surface area contributed by atoms with E-state index in [0.717, 1.165) is 6.54 Å². The van der Waals surface area contributed by atoms with Crippen molar-refractivity contribution in [3.05, 3.63) is 35.9 Å². The topological polar surface area (TPSA) is 47.0 Å². The fourth-order valence-corrected chi connectivity index (χ4v) is 1.81. The Morgan fingerprint density at radius 2 is 2.11 bits per heavy atom. The Hall–Kier alpha value is -2.17. The zero-order valence-electron chi connectivity index (χ0n) is 11.2. The van der Waals surface area contributed by atoms with Gasteiger partial charge < -0.3 is 10.1 Å². The molecule has 0 fully saturated rings. The number of rotatable bonds is 4. The molecule has 0 spiro atoms. The van der Waals surface area contributed by atoms with Crippen LogP contribution in [0, 0.1) is 12.7 Å². The number of methoxy groups -OCH3 is 1. The summed E-state index contributed by atoms with van der Waals surface area (Å²) in [6.07, 6.45) is 1.44. The third-order valence-corrected chi connectivity index (χ3v) is 2.80. The van der Waals surface area contributed by atoms with Gasteiger partial charge in [-0.1, -0.05) is 12.1 Å². The van der Waals surface area contributed by atoms with Crippen LogP contribution < -0.4 is 10.1 Å². The average Bonchev–Trinajstić information content (AvgIpc) is 2.42. The van der Waals surface area contributed by atoms with Gasteiger partial charge in [0.15, 0.2) is 11.6 Å². The number of halogens is 1. The Balaban J connectivity index is 2.54. The van der Waals surface area contributed by atoms with Crippen LogP contribution in [0.2, 0.25) is 0 Å². The first-order chi connectivity index (χ1) is 9.17. The lowest BCUT2D eigenvalue weighted by atomic mass is 10.1. The van der Waals surface area contributed by atoms with E-state index in [1.165, 1.54) is 12.4 Å². The highest BCUT2D eigenvalue weighted by Gasteiger charge is 2.14. The van der Waals surface area contributed by atoms with E-state index in [1.807, 2.05) is 13.0 Å². The molecule has 1 heterocycles. The molecule has 0 atom stereocenters. The lowest BCUT2D eigenvalue weighted by Crippen LogP contribution is -2.04. The van der Waals surface area contributed by atoms with Crippen molar-refractivity contribution >= 4 is 5.82 Å². The molecular formula is C14H16FN3O. The van der Waals surface area contributed by atoms with E-state index >= 15 is 0 Å². The van der Waals surface area contributed by atoms with Gasteiger partial charge in [0.1, 0.15) is 17.8 Å². The minimum Gasteiger partial charge on any atom is -0.491 e. The van der Waals surface area contributed by atoms with Crippen molar-refractivity contribution < 1.29 is 9.13 Å². The highest BCUT2D eigenvalue weighted by molar-refractivity contribution is 5.72. The van der Waals surface area contributed by atoms with E-state index in [9.17, 15) is 4.39 Å². The maximum absolute atomic E-state index is 13.6. The second-order valence-corrected chi connectivity index (χ2v) is 4.10. The lowest BCUT2D eigenvalue weighted by Gasteiger charge is -2.12. The molecule has 1 aromatic carbocycles. The Labute approximate surface area is 111 Å². The number of ether oxygens (including phenoxy) is 1. The highest BCUT2D eigenvalue weighted by atomic mass is 19.1. The SMILES string of the molecule is CCNc1ncnc(-c2ccc(C)c(F)c2)c1OC. The van der Waals surface area contributed by atoms with Crippen LogP contribution in [0.5, 0.6) is 5.75 Å². The molecule has 1 N–H and O–H groups in total. The first-order valence-electron chi connectivity index (χ1n) is 6.06. The number of nitrogens with one attached hydrogen (secondary N) is 1. The Kier molecular flexibility index (Phi) is 3.94. The number of aromatic nitrogens is 2. The molecule has 0 saturated heterocycles. The Morgan fingerprint density at radius 3 is 2.74 bits per heavy atom. The van der Waals surface area contributed by atoms with Gasteiger partial charge in [-0.15, -0.1) is 0 Å². The van der Waals surface area contributed by atoms with Crippen LogP contribution in [-0.4, -0.2) is 23.6 Å². The van der Waals surface area contributed by atoms with E-state index < -0.39 is 0 Å². The summed E-state index contributed by atoms with van der Waals surface area (Å²) >= 11 is 0. The molecular weight excluding hydrogens is 245 g/mol. The van der Waals surface area contributed by atoms with E-state index in [1.54, 1.807) is 20.1 Å². The molecule has 0 aliphatic rings. The largest absolute Gasteiger partial charge is 0.491 e. The fraction of sp³-hybridized carbons (Fsp3) is 0.286.